The first-order valence-electron chi connectivity index (χ1n) is 9.73. The number of rotatable bonds is 7. The molecule has 0 aliphatic carbocycles. The molecule has 0 aliphatic rings. The maximum absolute atomic E-state index is 4.61. The lowest BCUT2D eigenvalue weighted by Gasteiger charge is -2.11. The van der Waals surface area contributed by atoms with E-state index < -0.39 is 0 Å². The molecule has 0 unspecified atom stereocenters. The summed E-state index contributed by atoms with van der Waals surface area (Å²) in [7, 11) is 8.14. The summed E-state index contributed by atoms with van der Waals surface area (Å²) in [4.78, 5) is 4.16. The Hall–Kier alpha value is -3.41. The van der Waals surface area contributed by atoms with E-state index >= 15 is 0 Å². The van der Waals surface area contributed by atoms with E-state index in [2.05, 4.69) is 75.5 Å². The molecule has 3 aromatic rings. The third kappa shape index (κ3) is 5.10. The highest BCUT2D eigenvalue weighted by atomic mass is 15.5. The number of nitrogens with zero attached hydrogens (tertiary/aromatic N) is 6. The van der Waals surface area contributed by atoms with E-state index in [0.29, 0.717) is 0 Å². The minimum absolute atomic E-state index is 0.820. The van der Waals surface area contributed by atoms with Crippen molar-refractivity contribution in [3.05, 3.63) is 77.9 Å². The van der Waals surface area contributed by atoms with Crippen molar-refractivity contribution in [3.63, 3.8) is 0 Å². The molecule has 2 aromatic carbocycles. The number of imidazole rings is 1. The van der Waals surface area contributed by atoms with Crippen LogP contribution in [0.5, 0.6) is 0 Å². The van der Waals surface area contributed by atoms with Crippen molar-refractivity contribution in [2.75, 3.05) is 38.0 Å². The predicted molar refractivity (Wildman–Crippen MR) is 122 cm³/mol. The first kappa shape index (κ1) is 20.3. The van der Waals surface area contributed by atoms with Gasteiger partial charge in [0.2, 0.25) is 0 Å². The number of hydrogen-bond acceptors (Lipinski definition) is 4. The second-order valence-electron chi connectivity index (χ2n) is 7.22. The van der Waals surface area contributed by atoms with Crippen LogP contribution in [-0.2, 0) is 6.42 Å². The average molecular weight is 390 g/mol. The summed E-state index contributed by atoms with van der Waals surface area (Å²) in [6.07, 6.45) is 8.41. The lowest BCUT2D eigenvalue weighted by Crippen LogP contribution is -2.31. The molecule has 0 atom stereocenters. The van der Waals surface area contributed by atoms with Crippen molar-refractivity contribution in [1.29, 1.82) is 0 Å². The molecular weight excluding hydrogens is 360 g/mol. The van der Waals surface area contributed by atoms with E-state index in [1.54, 1.807) is 0 Å². The monoisotopic (exact) mass is 389 g/mol. The van der Waals surface area contributed by atoms with Crippen LogP contribution < -0.4 is 14.5 Å². The fourth-order valence-electron chi connectivity index (χ4n) is 2.91. The van der Waals surface area contributed by atoms with Crippen LogP contribution in [0.1, 0.15) is 23.9 Å². The van der Waals surface area contributed by atoms with Crippen molar-refractivity contribution in [2.45, 2.75) is 13.3 Å². The van der Waals surface area contributed by atoms with Crippen LogP contribution in [0.2, 0.25) is 0 Å². The highest BCUT2D eigenvalue weighted by molar-refractivity contribution is 5.80. The Morgan fingerprint density at radius 3 is 1.83 bits per heavy atom. The summed E-state index contributed by atoms with van der Waals surface area (Å²) in [6, 6.07) is 16.6. The molecular formula is C23H29N6+. The Balaban J connectivity index is 1.75. The molecule has 0 amide bonds. The van der Waals surface area contributed by atoms with E-state index in [1.807, 2.05) is 62.4 Å². The molecule has 1 aromatic heterocycles. The minimum Gasteiger partial charge on any atom is -0.378 e. The van der Waals surface area contributed by atoms with Gasteiger partial charge in [-0.05, 0) is 35.4 Å². The summed E-state index contributed by atoms with van der Waals surface area (Å²) >= 11 is 0. The van der Waals surface area contributed by atoms with Crippen LogP contribution in [-0.4, -0.2) is 45.3 Å². The van der Waals surface area contributed by atoms with E-state index in [4.69, 9.17) is 0 Å². The summed E-state index contributed by atoms with van der Waals surface area (Å²) < 4.78 is 3.73. The van der Waals surface area contributed by atoms with Crippen molar-refractivity contribution >= 4 is 23.8 Å². The quantitative estimate of drug-likeness (QED) is 0.460. The molecule has 150 valence electrons. The zero-order valence-electron chi connectivity index (χ0n) is 17.8. The molecule has 0 radical (unpaired) electrons. The lowest BCUT2D eigenvalue weighted by molar-refractivity contribution is -0.685. The van der Waals surface area contributed by atoms with Crippen LogP contribution >= 0.6 is 0 Å². The molecule has 0 saturated carbocycles. The molecule has 0 N–H and O–H groups in total. The van der Waals surface area contributed by atoms with E-state index in [9.17, 15) is 0 Å². The largest absolute Gasteiger partial charge is 0.378 e. The van der Waals surface area contributed by atoms with Gasteiger partial charge in [-0.2, -0.15) is 0 Å². The average Bonchev–Trinajstić information content (AvgIpc) is 3.13. The van der Waals surface area contributed by atoms with Gasteiger partial charge in [-0.1, -0.05) is 41.4 Å². The molecule has 0 spiro atoms. The summed E-state index contributed by atoms with van der Waals surface area (Å²) in [5.74, 6) is 1.01. The van der Waals surface area contributed by atoms with Crippen LogP contribution in [0, 0.1) is 0 Å². The molecule has 0 fully saturated rings. The molecule has 0 saturated heterocycles. The summed E-state index contributed by atoms with van der Waals surface area (Å²) in [6.45, 7) is 2.10. The summed E-state index contributed by atoms with van der Waals surface area (Å²) in [5, 5.41) is 9.21. The Labute approximate surface area is 173 Å². The van der Waals surface area contributed by atoms with E-state index in [0.717, 1.165) is 23.4 Å². The standard InChI is InChI=1S/C23H29N6/c1-6-23-28(24-17-19-7-11-21(12-8-19)26(2)3)15-16-29(23)25-18-20-9-13-22(14-10-20)27(4)5/h7-18H,6H2,1-5H3/q+1/b24-17+,25-18+. The maximum Gasteiger partial charge on any atom is 0.307 e. The maximum atomic E-state index is 4.61. The van der Waals surface area contributed by atoms with Crippen molar-refractivity contribution < 1.29 is 4.68 Å². The van der Waals surface area contributed by atoms with Crippen LogP contribution in [0.25, 0.3) is 0 Å². The van der Waals surface area contributed by atoms with Crippen LogP contribution in [0.4, 0.5) is 11.4 Å². The van der Waals surface area contributed by atoms with E-state index in [1.165, 1.54) is 11.4 Å². The third-order valence-corrected chi connectivity index (χ3v) is 4.68. The normalized spacial score (nSPS) is 11.5. The topological polar surface area (TPSA) is 40.0 Å². The van der Waals surface area contributed by atoms with Gasteiger partial charge in [0.25, 0.3) is 0 Å². The molecule has 6 heteroatoms. The Bertz CT molecular complexity index is 900. The fourth-order valence-corrected chi connectivity index (χ4v) is 2.91. The molecule has 3 rings (SSSR count). The van der Waals surface area contributed by atoms with Crippen LogP contribution in [0.15, 0.2) is 71.1 Å². The van der Waals surface area contributed by atoms with Gasteiger partial charge in [-0.3, -0.25) is 0 Å². The Morgan fingerprint density at radius 2 is 1.34 bits per heavy atom. The third-order valence-electron chi connectivity index (χ3n) is 4.68. The second kappa shape index (κ2) is 9.19. The van der Waals surface area contributed by atoms with Crippen molar-refractivity contribution in [2.24, 2.45) is 10.2 Å². The molecule has 1 heterocycles. The van der Waals surface area contributed by atoms with Gasteiger partial charge in [-0.15, -0.1) is 9.35 Å². The van der Waals surface area contributed by atoms with Gasteiger partial charge in [0.15, 0.2) is 12.4 Å². The first-order valence-corrected chi connectivity index (χ1v) is 9.73. The van der Waals surface area contributed by atoms with Crippen LogP contribution in [0.3, 0.4) is 0 Å². The molecule has 0 bridgehead atoms. The summed E-state index contributed by atoms with van der Waals surface area (Å²) in [5.41, 5.74) is 4.45. The number of anilines is 2. The van der Waals surface area contributed by atoms with E-state index in [-0.39, 0.29) is 0 Å². The number of hydrogen-bond donors (Lipinski definition) is 0. The Kier molecular flexibility index (Phi) is 6.44. The highest BCUT2D eigenvalue weighted by Gasteiger charge is 2.14. The Morgan fingerprint density at radius 1 is 0.828 bits per heavy atom. The van der Waals surface area contributed by atoms with Crippen molar-refractivity contribution in [3.8, 4) is 0 Å². The van der Waals surface area contributed by atoms with Gasteiger partial charge >= 0.3 is 5.82 Å². The number of benzene rings is 2. The van der Waals surface area contributed by atoms with Gasteiger partial charge in [0, 0.05) is 39.6 Å². The molecule has 6 nitrogen and oxygen atoms in total. The fraction of sp³-hybridized carbons (Fsp3) is 0.261. The van der Waals surface area contributed by atoms with Gasteiger partial charge in [0.05, 0.1) is 18.9 Å². The minimum atomic E-state index is 0.820. The zero-order chi connectivity index (χ0) is 20.8. The predicted octanol–water partition coefficient (Wildman–Crippen LogP) is 3.23. The molecule has 0 aliphatic heterocycles. The highest BCUT2D eigenvalue weighted by Crippen LogP contribution is 2.12. The van der Waals surface area contributed by atoms with Gasteiger partial charge < -0.3 is 9.80 Å². The van der Waals surface area contributed by atoms with Gasteiger partial charge in [0.1, 0.15) is 0 Å². The first-order chi connectivity index (χ1) is 14.0. The second-order valence-corrected chi connectivity index (χ2v) is 7.22. The van der Waals surface area contributed by atoms with Crippen molar-refractivity contribution in [1.82, 2.24) is 4.68 Å². The SMILES string of the molecule is CCc1n(/N=C/c2ccc(N(C)C)cc2)cc[n+]1/N=C/c1ccc(N(C)C)cc1. The molecule has 29 heavy (non-hydrogen) atoms. The van der Waals surface area contributed by atoms with Gasteiger partial charge in [-0.25, -0.2) is 0 Å². The number of aromatic nitrogens is 2. The lowest BCUT2D eigenvalue weighted by atomic mass is 10.2. The smallest absolute Gasteiger partial charge is 0.307 e. The zero-order valence-corrected chi connectivity index (χ0v) is 17.8.